The Balaban J connectivity index is 4.13. The van der Waals surface area contributed by atoms with Crippen molar-refractivity contribution in [3.8, 4) is 0 Å². The fourth-order valence-electron chi connectivity index (χ4n) is 0.698. The van der Waals surface area contributed by atoms with E-state index in [1.165, 1.54) is 4.90 Å². The molecule has 0 aromatic heterocycles. The van der Waals surface area contributed by atoms with Gasteiger partial charge in [-0.1, -0.05) is 0 Å². The molecule has 0 aromatic rings. The van der Waals surface area contributed by atoms with Gasteiger partial charge in [-0.25, -0.2) is 0 Å². The van der Waals surface area contributed by atoms with E-state index >= 15 is 0 Å². The van der Waals surface area contributed by atoms with Crippen LogP contribution in [0.1, 0.15) is 27.7 Å². The highest BCUT2D eigenvalue weighted by Gasteiger charge is 2.13. The molecule has 0 aromatic carbocycles. The van der Waals surface area contributed by atoms with Crippen molar-refractivity contribution in [1.29, 1.82) is 0 Å². The molecule has 0 aliphatic rings. The highest BCUT2D eigenvalue weighted by molar-refractivity contribution is 7.80. The third-order valence-electron chi connectivity index (χ3n) is 1.25. The van der Waals surface area contributed by atoms with Gasteiger partial charge >= 0.3 is 6.41 Å². The minimum Gasteiger partial charge on any atom is -0.360 e. The minimum absolute atomic E-state index is 0.0567. The minimum atomic E-state index is 0.0567. The lowest BCUT2D eigenvalue weighted by atomic mass is 10.3. The molecule has 0 spiro atoms. The fraction of sp³-hybridized carbons (Fsp3) is 0.750. The van der Waals surface area contributed by atoms with Crippen molar-refractivity contribution in [3.63, 3.8) is 0 Å². The first-order chi connectivity index (χ1) is 5.49. The van der Waals surface area contributed by atoms with Crippen LogP contribution in [0.2, 0.25) is 0 Å². The molecule has 1 N–H and O–H groups in total. The van der Waals surface area contributed by atoms with Crippen LogP contribution in [0.3, 0.4) is 0 Å². The molecule has 0 aliphatic heterocycles. The van der Waals surface area contributed by atoms with E-state index in [1.807, 2.05) is 27.7 Å². The normalized spacial score (nSPS) is 10.2. The molecule has 69 valence electrons. The first-order valence-electron chi connectivity index (χ1n) is 3.96. The Morgan fingerprint density at radius 3 is 2.17 bits per heavy atom. The molecule has 0 saturated heterocycles. The Morgan fingerprint density at radius 2 is 1.92 bits per heavy atom. The molecular formula is C8H15N2OS. The van der Waals surface area contributed by atoms with Gasteiger partial charge in [0, 0.05) is 12.1 Å². The van der Waals surface area contributed by atoms with Gasteiger partial charge in [-0.15, -0.1) is 0 Å². The van der Waals surface area contributed by atoms with Gasteiger partial charge in [0.2, 0.25) is 0 Å². The zero-order valence-electron chi connectivity index (χ0n) is 7.92. The van der Waals surface area contributed by atoms with Gasteiger partial charge < -0.3 is 5.32 Å². The quantitative estimate of drug-likeness (QED) is 0.529. The Bertz CT molecular complexity index is 168. The van der Waals surface area contributed by atoms with Crippen molar-refractivity contribution in [1.82, 2.24) is 10.2 Å². The summed E-state index contributed by atoms with van der Waals surface area (Å²) in [5, 5.41) is 3.41. The molecule has 0 atom stereocenters. The van der Waals surface area contributed by atoms with E-state index in [1.54, 1.807) is 6.41 Å². The number of thiocarbonyl (C=S) groups is 1. The van der Waals surface area contributed by atoms with Crippen molar-refractivity contribution in [2.75, 3.05) is 0 Å². The van der Waals surface area contributed by atoms with Gasteiger partial charge in [0.1, 0.15) is 0 Å². The molecule has 0 heterocycles. The average molecular weight is 187 g/mol. The topological polar surface area (TPSA) is 32.3 Å². The Hall–Kier alpha value is -0.640. The van der Waals surface area contributed by atoms with Crippen molar-refractivity contribution in [3.05, 3.63) is 0 Å². The van der Waals surface area contributed by atoms with E-state index < -0.39 is 0 Å². The first-order valence-corrected chi connectivity index (χ1v) is 4.37. The van der Waals surface area contributed by atoms with Crippen LogP contribution in [-0.2, 0) is 4.79 Å². The molecule has 0 rings (SSSR count). The molecule has 3 nitrogen and oxygen atoms in total. The van der Waals surface area contributed by atoms with E-state index in [0.717, 1.165) is 0 Å². The van der Waals surface area contributed by atoms with Gasteiger partial charge in [-0.3, -0.25) is 9.69 Å². The Labute approximate surface area is 79.1 Å². The molecule has 0 aliphatic carbocycles. The highest BCUT2D eigenvalue weighted by atomic mass is 32.1. The second kappa shape index (κ2) is 5.09. The fourth-order valence-corrected chi connectivity index (χ4v) is 1.18. The summed E-state index contributed by atoms with van der Waals surface area (Å²) in [6, 6.07) is 0.299. The predicted octanol–water partition coefficient (Wildman–Crippen LogP) is 1.05. The van der Waals surface area contributed by atoms with Crippen molar-refractivity contribution in [2.24, 2.45) is 0 Å². The van der Waals surface area contributed by atoms with Gasteiger partial charge in [0.25, 0.3) is 0 Å². The third-order valence-corrected chi connectivity index (χ3v) is 1.56. The second-order valence-corrected chi connectivity index (χ2v) is 3.55. The van der Waals surface area contributed by atoms with Gasteiger partial charge in [-0.2, -0.15) is 0 Å². The number of carbonyl (C=O) groups excluding carboxylic acids is 1. The smallest absolute Gasteiger partial charge is 0.318 e. The monoisotopic (exact) mass is 187 g/mol. The summed E-state index contributed by atoms with van der Waals surface area (Å²) in [5.74, 6) is 0. The molecule has 0 bridgehead atoms. The number of nitrogens with one attached hydrogen (secondary N) is 1. The zero-order valence-corrected chi connectivity index (χ0v) is 8.73. The number of hydrogen-bond donors (Lipinski definition) is 1. The molecule has 4 heteroatoms. The summed E-state index contributed by atoms with van der Waals surface area (Å²) in [5.41, 5.74) is 0. The molecule has 0 unspecified atom stereocenters. The lowest BCUT2D eigenvalue weighted by Gasteiger charge is -2.23. The van der Waals surface area contributed by atoms with E-state index in [0.29, 0.717) is 5.11 Å². The SMILES string of the molecule is CC(C)NC(=S)N([C]=O)C(C)C. The Kier molecular flexibility index (Phi) is 4.81. The van der Waals surface area contributed by atoms with Crippen molar-refractivity contribution < 1.29 is 4.79 Å². The maximum Gasteiger partial charge on any atom is 0.318 e. The summed E-state index contributed by atoms with van der Waals surface area (Å²) >= 11 is 4.98. The van der Waals surface area contributed by atoms with Crippen molar-refractivity contribution in [2.45, 2.75) is 39.8 Å². The van der Waals surface area contributed by atoms with E-state index in [-0.39, 0.29) is 12.1 Å². The van der Waals surface area contributed by atoms with Crippen molar-refractivity contribution >= 4 is 23.7 Å². The van der Waals surface area contributed by atoms with Crippen LogP contribution in [0, 0.1) is 0 Å². The van der Waals surface area contributed by atoms with Gasteiger partial charge in [0.15, 0.2) is 5.11 Å². The zero-order chi connectivity index (χ0) is 9.72. The van der Waals surface area contributed by atoms with Crippen LogP contribution >= 0.6 is 12.2 Å². The standard InChI is InChI=1S/C8H15N2OS/c1-6(2)9-8(12)10(5-11)7(3)4/h6-7H,1-4H3,(H,9,12). The van der Waals surface area contributed by atoms with Gasteiger partial charge in [-0.05, 0) is 39.9 Å². The van der Waals surface area contributed by atoms with Gasteiger partial charge in [0.05, 0.1) is 0 Å². The molecule has 12 heavy (non-hydrogen) atoms. The van der Waals surface area contributed by atoms with E-state index in [2.05, 4.69) is 5.32 Å². The maximum absolute atomic E-state index is 10.4. The largest absolute Gasteiger partial charge is 0.360 e. The van der Waals surface area contributed by atoms with Crippen LogP contribution in [0.15, 0.2) is 0 Å². The van der Waals surface area contributed by atoms with Crippen LogP contribution in [-0.4, -0.2) is 28.5 Å². The van der Waals surface area contributed by atoms with Crippen LogP contribution in [0.5, 0.6) is 0 Å². The highest BCUT2D eigenvalue weighted by Crippen LogP contribution is 1.95. The average Bonchev–Trinajstić information content (AvgIpc) is 1.85. The predicted molar refractivity (Wildman–Crippen MR) is 53.5 cm³/mol. The lowest BCUT2D eigenvalue weighted by molar-refractivity contribution is 0.430. The molecule has 1 radical (unpaired) electrons. The number of amides is 1. The molecular weight excluding hydrogens is 172 g/mol. The van der Waals surface area contributed by atoms with Crippen LogP contribution < -0.4 is 5.32 Å². The van der Waals surface area contributed by atoms with E-state index in [9.17, 15) is 4.79 Å². The number of hydrogen-bond acceptors (Lipinski definition) is 2. The van der Waals surface area contributed by atoms with Crippen LogP contribution in [0.25, 0.3) is 0 Å². The van der Waals surface area contributed by atoms with Crippen LogP contribution in [0.4, 0.5) is 0 Å². The summed E-state index contributed by atoms with van der Waals surface area (Å²) in [4.78, 5) is 11.8. The summed E-state index contributed by atoms with van der Waals surface area (Å²) < 4.78 is 0. The maximum atomic E-state index is 10.4. The summed E-state index contributed by atoms with van der Waals surface area (Å²) in [6.45, 7) is 7.71. The number of rotatable bonds is 3. The number of nitrogens with zero attached hydrogens (tertiary/aromatic N) is 1. The van der Waals surface area contributed by atoms with E-state index in [4.69, 9.17) is 12.2 Å². The first kappa shape index (κ1) is 11.4. The lowest BCUT2D eigenvalue weighted by Crippen LogP contribution is -2.45. The summed E-state index contributed by atoms with van der Waals surface area (Å²) in [7, 11) is 0. The summed E-state index contributed by atoms with van der Waals surface area (Å²) in [6.07, 6.45) is 1.79. The second-order valence-electron chi connectivity index (χ2n) is 3.16. The molecule has 0 saturated carbocycles. The Morgan fingerprint density at radius 1 is 1.42 bits per heavy atom. The third kappa shape index (κ3) is 3.67. The molecule has 1 amide bonds. The molecule has 0 fully saturated rings.